The van der Waals surface area contributed by atoms with Gasteiger partial charge in [0.2, 0.25) is 0 Å². The smallest absolute Gasteiger partial charge is 0.126 e. The molecule has 0 bridgehead atoms. The number of halogens is 2. The summed E-state index contributed by atoms with van der Waals surface area (Å²) in [5.41, 5.74) is 0.647. The van der Waals surface area contributed by atoms with E-state index in [-0.39, 0.29) is 13.0 Å². The Kier molecular flexibility index (Phi) is 4.50. The molecule has 2 aromatic carbocycles. The number of hydrogen-bond donors (Lipinski definition) is 1. The van der Waals surface area contributed by atoms with Gasteiger partial charge in [-0.1, -0.05) is 37.3 Å². The third-order valence-corrected chi connectivity index (χ3v) is 3.90. The van der Waals surface area contributed by atoms with Crippen molar-refractivity contribution in [2.45, 2.75) is 25.2 Å². The standard InChI is InChI=1S/C17H18F2O/c1-2-17(12-20,14-6-4-3-5-7-14)11-13-10-15(18)8-9-16(13)19/h3-10,20H,2,11-12H2,1H3. The summed E-state index contributed by atoms with van der Waals surface area (Å²) in [6.45, 7) is 1.84. The van der Waals surface area contributed by atoms with Crippen LogP contribution in [0.3, 0.4) is 0 Å². The number of aliphatic hydroxyl groups is 1. The fraction of sp³-hybridized carbons (Fsp3) is 0.294. The van der Waals surface area contributed by atoms with Crippen molar-refractivity contribution in [1.29, 1.82) is 0 Å². The molecule has 0 aliphatic heterocycles. The van der Waals surface area contributed by atoms with Crippen LogP contribution in [0.1, 0.15) is 24.5 Å². The van der Waals surface area contributed by atoms with Crippen LogP contribution in [-0.4, -0.2) is 11.7 Å². The molecule has 2 aromatic rings. The lowest BCUT2D eigenvalue weighted by atomic mass is 9.74. The Morgan fingerprint density at radius 3 is 2.35 bits per heavy atom. The van der Waals surface area contributed by atoms with E-state index in [1.165, 1.54) is 6.07 Å². The number of hydrogen-bond acceptors (Lipinski definition) is 1. The fourth-order valence-corrected chi connectivity index (χ4v) is 2.53. The quantitative estimate of drug-likeness (QED) is 0.879. The predicted octanol–water partition coefficient (Wildman–Crippen LogP) is 3.85. The van der Waals surface area contributed by atoms with Gasteiger partial charge in [0.15, 0.2) is 0 Å². The van der Waals surface area contributed by atoms with Crippen LogP contribution >= 0.6 is 0 Å². The fourth-order valence-electron chi connectivity index (χ4n) is 2.53. The Bertz CT molecular complexity index is 562. The van der Waals surface area contributed by atoms with Crippen molar-refractivity contribution in [2.24, 2.45) is 0 Å². The monoisotopic (exact) mass is 276 g/mol. The minimum Gasteiger partial charge on any atom is -0.395 e. The van der Waals surface area contributed by atoms with Gasteiger partial charge in [0.1, 0.15) is 11.6 Å². The van der Waals surface area contributed by atoms with E-state index in [0.717, 1.165) is 17.7 Å². The molecule has 2 rings (SSSR count). The van der Waals surface area contributed by atoms with Crippen LogP contribution in [0, 0.1) is 11.6 Å². The molecule has 0 aromatic heterocycles. The minimum atomic E-state index is -0.587. The first-order valence-electron chi connectivity index (χ1n) is 6.71. The molecule has 0 radical (unpaired) electrons. The molecule has 0 fully saturated rings. The first kappa shape index (κ1) is 14.7. The molecule has 0 spiro atoms. The highest BCUT2D eigenvalue weighted by Crippen LogP contribution is 2.32. The summed E-state index contributed by atoms with van der Waals surface area (Å²) < 4.78 is 27.1. The lowest BCUT2D eigenvalue weighted by molar-refractivity contribution is 0.185. The average molecular weight is 276 g/mol. The van der Waals surface area contributed by atoms with Gasteiger partial charge in [-0.2, -0.15) is 0 Å². The zero-order valence-corrected chi connectivity index (χ0v) is 11.4. The molecule has 0 aliphatic carbocycles. The van der Waals surface area contributed by atoms with Crippen LogP contribution in [0.15, 0.2) is 48.5 Å². The summed E-state index contributed by atoms with van der Waals surface area (Å²) in [6.07, 6.45) is 0.914. The molecule has 0 amide bonds. The van der Waals surface area contributed by atoms with Crippen LogP contribution in [0.25, 0.3) is 0 Å². The molecule has 0 saturated carbocycles. The molecule has 3 heteroatoms. The lowest BCUT2D eigenvalue weighted by Crippen LogP contribution is -2.33. The molecular formula is C17H18F2O. The van der Waals surface area contributed by atoms with Crippen molar-refractivity contribution in [3.05, 3.63) is 71.3 Å². The van der Waals surface area contributed by atoms with Crippen LogP contribution in [-0.2, 0) is 11.8 Å². The van der Waals surface area contributed by atoms with E-state index >= 15 is 0 Å². The van der Waals surface area contributed by atoms with Gasteiger partial charge in [-0.05, 0) is 42.2 Å². The number of benzene rings is 2. The molecule has 1 N–H and O–H groups in total. The minimum absolute atomic E-state index is 0.108. The SMILES string of the molecule is CCC(CO)(Cc1cc(F)ccc1F)c1ccccc1. The van der Waals surface area contributed by atoms with Crippen molar-refractivity contribution in [3.8, 4) is 0 Å². The molecule has 1 atom stereocenters. The second kappa shape index (κ2) is 6.14. The maximum Gasteiger partial charge on any atom is 0.126 e. The average Bonchev–Trinajstić information content (AvgIpc) is 2.49. The van der Waals surface area contributed by atoms with Crippen LogP contribution in [0.5, 0.6) is 0 Å². The summed E-state index contributed by atoms with van der Waals surface area (Å²) in [4.78, 5) is 0. The van der Waals surface area contributed by atoms with Crippen LogP contribution in [0.2, 0.25) is 0 Å². The highest BCUT2D eigenvalue weighted by Gasteiger charge is 2.31. The van der Waals surface area contributed by atoms with E-state index in [2.05, 4.69) is 0 Å². The van der Waals surface area contributed by atoms with Gasteiger partial charge in [0, 0.05) is 5.41 Å². The van der Waals surface area contributed by atoms with Gasteiger partial charge in [-0.3, -0.25) is 0 Å². The first-order chi connectivity index (χ1) is 9.61. The van der Waals surface area contributed by atoms with Crippen LogP contribution in [0.4, 0.5) is 8.78 Å². The van der Waals surface area contributed by atoms with E-state index in [1.54, 1.807) is 0 Å². The molecular weight excluding hydrogens is 258 g/mol. The molecule has 0 saturated heterocycles. The molecule has 1 nitrogen and oxygen atoms in total. The number of rotatable bonds is 5. The highest BCUT2D eigenvalue weighted by molar-refractivity contribution is 5.30. The summed E-state index contributed by atoms with van der Waals surface area (Å²) in [7, 11) is 0. The molecule has 0 aliphatic rings. The second-order valence-corrected chi connectivity index (χ2v) is 5.07. The Balaban J connectivity index is 2.42. The summed E-state index contributed by atoms with van der Waals surface area (Å²) in [6, 6.07) is 12.9. The Morgan fingerprint density at radius 1 is 1.05 bits per heavy atom. The van der Waals surface area contributed by atoms with E-state index in [0.29, 0.717) is 12.0 Å². The van der Waals surface area contributed by atoms with Crippen molar-refractivity contribution in [2.75, 3.05) is 6.61 Å². The Morgan fingerprint density at radius 2 is 1.75 bits per heavy atom. The second-order valence-electron chi connectivity index (χ2n) is 5.07. The van der Waals surface area contributed by atoms with Gasteiger partial charge in [0.25, 0.3) is 0 Å². The van der Waals surface area contributed by atoms with Crippen LogP contribution < -0.4 is 0 Å². The third kappa shape index (κ3) is 2.88. The maximum absolute atomic E-state index is 13.8. The molecule has 1 unspecified atom stereocenters. The molecule has 0 heterocycles. The van der Waals surface area contributed by atoms with E-state index in [1.807, 2.05) is 37.3 Å². The Hall–Kier alpha value is -1.74. The molecule has 106 valence electrons. The Labute approximate surface area is 117 Å². The van der Waals surface area contributed by atoms with Crippen molar-refractivity contribution < 1.29 is 13.9 Å². The maximum atomic E-state index is 13.8. The van der Waals surface area contributed by atoms with Gasteiger partial charge >= 0.3 is 0 Å². The van der Waals surface area contributed by atoms with E-state index in [4.69, 9.17) is 0 Å². The molecule has 20 heavy (non-hydrogen) atoms. The van der Waals surface area contributed by atoms with E-state index < -0.39 is 17.0 Å². The highest BCUT2D eigenvalue weighted by atomic mass is 19.1. The van der Waals surface area contributed by atoms with Gasteiger partial charge in [-0.15, -0.1) is 0 Å². The normalized spacial score (nSPS) is 14.0. The summed E-state index contributed by atoms with van der Waals surface area (Å²) in [5, 5.41) is 9.84. The largest absolute Gasteiger partial charge is 0.395 e. The van der Waals surface area contributed by atoms with Crippen molar-refractivity contribution >= 4 is 0 Å². The summed E-state index contributed by atoms with van der Waals surface area (Å²) in [5.74, 6) is -0.897. The van der Waals surface area contributed by atoms with Crippen molar-refractivity contribution in [3.63, 3.8) is 0 Å². The topological polar surface area (TPSA) is 20.2 Å². The van der Waals surface area contributed by atoms with Crippen molar-refractivity contribution in [1.82, 2.24) is 0 Å². The van der Waals surface area contributed by atoms with E-state index in [9.17, 15) is 13.9 Å². The zero-order chi connectivity index (χ0) is 14.6. The third-order valence-electron chi connectivity index (χ3n) is 3.90. The summed E-state index contributed by atoms with van der Waals surface area (Å²) >= 11 is 0. The van der Waals surface area contributed by atoms with Gasteiger partial charge < -0.3 is 5.11 Å². The number of aliphatic hydroxyl groups excluding tert-OH is 1. The lowest BCUT2D eigenvalue weighted by Gasteiger charge is -2.31. The van der Waals surface area contributed by atoms with Gasteiger partial charge in [0.05, 0.1) is 6.61 Å². The van der Waals surface area contributed by atoms with Gasteiger partial charge in [-0.25, -0.2) is 8.78 Å². The first-order valence-corrected chi connectivity index (χ1v) is 6.71. The zero-order valence-electron chi connectivity index (χ0n) is 11.4. The predicted molar refractivity (Wildman–Crippen MR) is 75.6 cm³/mol.